The van der Waals surface area contributed by atoms with Crippen molar-refractivity contribution in [1.29, 1.82) is 0 Å². The molecule has 2 aromatic rings. The number of hydrogen-bond acceptors (Lipinski definition) is 10. The molecule has 0 aromatic carbocycles. The summed E-state index contributed by atoms with van der Waals surface area (Å²) < 4.78 is 0. The van der Waals surface area contributed by atoms with Crippen LogP contribution in [0.2, 0.25) is 0 Å². The van der Waals surface area contributed by atoms with Crippen LogP contribution in [-0.2, 0) is 47.9 Å². The van der Waals surface area contributed by atoms with Crippen LogP contribution in [0.4, 0.5) is 19.2 Å². The van der Waals surface area contributed by atoms with E-state index in [9.17, 15) is 24.3 Å². The molecule has 287 valence electrons. The maximum absolute atomic E-state index is 12.1. The number of urea groups is 1. The molecule has 2 amide bonds. The number of halogens is 1. The Labute approximate surface area is 314 Å². The van der Waals surface area contributed by atoms with E-state index in [-0.39, 0.29) is 50.2 Å². The zero-order valence-electron chi connectivity index (χ0n) is 26.6. The number of amides is 2. The molecule has 0 fully saturated rings. The molecule has 11 N–H and O–H groups in total. The summed E-state index contributed by atoms with van der Waals surface area (Å²) in [5.74, 6) is -3.83. The first-order valence-corrected chi connectivity index (χ1v) is 14.0. The van der Waals surface area contributed by atoms with Crippen molar-refractivity contribution in [2.45, 2.75) is 63.7 Å². The Morgan fingerprint density at radius 2 is 1.00 bits per heavy atom. The average Bonchev–Trinajstić information content (AvgIpc) is 2.98. The number of rotatable bonds is 17. The Bertz CT molecular complexity index is 1230. The SMILES string of the molecule is O=C(O)CC[C@H](NC(=O)N[C@@H](CCCCCN(Cc1ccccn1)Cc1ccccn1)C(=O)O)C(=O)O.O=C(O)O.O=C(O)O.O=C(O)O.[Br-].[Re]. The topological polar surface area (TPSA) is 355 Å². The minimum Gasteiger partial charge on any atom is -1.00 e. The van der Waals surface area contributed by atoms with E-state index >= 15 is 0 Å². The van der Waals surface area contributed by atoms with E-state index in [1.54, 1.807) is 12.4 Å². The third-order valence-electron chi connectivity index (χ3n) is 5.54. The second-order valence-electron chi connectivity index (χ2n) is 9.38. The van der Waals surface area contributed by atoms with E-state index in [0.29, 0.717) is 25.9 Å². The molecule has 0 unspecified atom stereocenters. The molecular weight excluding hydrogens is 928 g/mol. The van der Waals surface area contributed by atoms with Crippen LogP contribution < -0.4 is 27.6 Å². The number of hydrogen-bond donors (Lipinski definition) is 11. The number of aliphatic carboxylic acids is 3. The molecule has 2 aromatic heterocycles. The van der Waals surface area contributed by atoms with Crippen molar-refractivity contribution in [2.75, 3.05) is 6.54 Å². The fraction of sp³-hybridized carbons (Fsp3) is 0.393. The summed E-state index contributed by atoms with van der Waals surface area (Å²) in [6.07, 6.45) is -0.586. The molecule has 51 heavy (non-hydrogen) atoms. The van der Waals surface area contributed by atoms with Gasteiger partial charge in [-0.15, -0.1) is 0 Å². The number of carboxylic acid groups (broad SMARTS) is 9. The van der Waals surface area contributed by atoms with E-state index in [2.05, 4.69) is 25.5 Å². The molecule has 0 spiro atoms. The third kappa shape index (κ3) is 36.0. The normalized spacial score (nSPS) is 10.5. The van der Waals surface area contributed by atoms with Crippen LogP contribution in [0.1, 0.15) is 49.9 Å². The van der Waals surface area contributed by atoms with Crippen LogP contribution in [0.25, 0.3) is 0 Å². The summed E-state index contributed by atoms with van der Waals surface area (Å²) in [6, 6.07) is 7.88. The van der Waals surface area contributed by atoms with Gasteiger partial charge in [0.15, 0.2) is 0 Å². The fourth-order valence-corrected chi connectivity index (χ4v) is 3.66. The van der Waals surface area contributed by atoms with Crippen molar-refractivity contribution in [3.8, 4) is 0 Å². The van der Waals surface area contributed by atoms with E-state index in [1.165, 1.54) is 0 Å². The molecule has 0 saturated heterocycles. The Balaban J connectivity index is -0.000000683. The molecule has 23 heteroatoms. The van der Waals surface area contributed by atoms with Crippen molar-refractivity contribution in [3.05, 3.63) is 60.2 Å². The summed E-state index contributed by atoms with van der Waals surface area (Å²) in [7, 11) is 0. The minimum atomic E-state index is -1.83. The van der Waals surface area contributed by atoms with E-state index in [1.807, 2.05) is 36.4 Å². The summed E-state index contributed by atoms with van der Waals surface area (Å²) >= 11 is 0. The van der Waals surface area contributed by atoms with Crippen LogP contribution in [0.15, 0.2) is 48.8 Å². The Morgan fingerprint density at radius 1 is 0.608 bits per heavy atom. The van der Waals surface area contributed by atoms with Crippen LogP contribution in [0.3, 0.4) is 0 Å². The molecule has 2 atom stereocenters. The minimum absolute atomic E-state index is 0. The molecule has 0 aliphatic rings. The smallest absolute Gasteiger partial charge is 0.503 e. The summed E-state index contributed by atoms with van der Waals surface area (Å²) in [4.78, 5) is 82.3. The predicted molar refractivity (Wildman–Crippen MR) is 164 cm³/mol. The summed E-state index contributed by atoms with van der Waals surface area (Å²) in [5, 5.41) is 73.5. The van der Waals surface area contributed by atoms with Gasteiger partial charge in [0.2, 0.25) is 0 Å². The zero-order valence-corrected chi connectivity index (χ0v) is 30.9. The van der Waals surface area contributed by atoms with Crippen LogP contribution in [-0.4, -0.2) is 122 Å². The molecule has 0 aliphatic heterocycles. The van der Waals surface area contributed by atoms with Gasteiger partial charge in [0.25, 0.3) is 0 Å². The second-order valence-corrected chi connectivity index (χ2v) is 9.38. The standard InChI is InChI=1S/C25H33N5O7.3CH2O3.BrH.Re/c31-22(32)12-11-21(24(35)36)29-25(37)28-20(23(33)34)10-2-1-7-15-30(16-18-8-3-5-13-26-18)17-19-9-4-6-14-27-19;3*2-1(3)4;;/h3-6,8-9,13-14,20-21H,1-2,7,10-12,15-17H2,(H,31,32)(H,33,34)(H,35,36)(H2,28,29,37);3*(H2,2,3,4);1H;/p-1/t20-,21-;;;;;/m0...../s1. The molecule has 0 aliphatic carbocycles. The second kappa shape index (κ2) is 32.1. The quantitative estimate of drug-likeness (QED) is 0.0913. The number of carboxylic acids is 3. The van der Waals surface area contributed by atoms with Gasteiger partial charge in [0.1, 0.15) is 12.1 Å². The largest absolute Gasteiger partial charge is 1.00 e. The van der Waals surface area contributed by atoms with Gasteiger partial charge in [-0.3, -0.25) is 19.7 Å². The monoisotopic (exact) mass is 967 g/mol. The number of pyridine rings is 2. The number of carbonyl (C=O) groups excluding carboxylic acids is 1. The molecule has 2 heterocycles. The van der Waals surface area contributed by atoms with Crippen molar-refractivity contribution >= 4 is 42.4 Å². The average molecular weight is 968 g/mol. The van der Waals surface area contributed by atoms with Crippen LogP contribution in [0, 0.1) is 0 Å². The number of nitrogens with zero attached hydrogens (tertiary/aromatic N) is 3. The van der Waals surface area contributed by atoms with Gasteiger partial charge < -0.3 is 73.6 Å². The van der Waals surface area contributed by atoms with Gasteiger partial charge in [-0.05, 0) is 50.1 Å². The molecular formula is C28H39BrN5O16Re-. The summed E-state index contributed by atoms with van der Waals surface area (Å²) in [6.45, 7) is 2.02. The van der Waals surface area contributed by atoms with Crippen molar-refractivity contribution < 1.29 is 117 Å². The first-order chi connectivity index (χ1) is 22.9. The van der Waals surface area contributed by atoms with E-state index < -0.39 is 60.9 Å². The van der Waals surface area contributed by atoms with Gasteiger partial charge in [-0.25, -0.2) is 28.8 Å². The van der Waals surface area contributed by atoms with Crippen LogP contribution in [0.5, 0.6) is 0 Å². The maximum atomic E-state index is 12.1. The van der Waals surface area contributed by atoms with Gasteiger partial charge in [-0.1, -0.05) is 25.0 Å². The Kier molecular flexibility index (Phi) is 33.2. The number of nitrogens with one attached hydrogen (secondary N) is 2. The number of aromatic nitrogens is 2. The Morgan fingerprint density at radius 3 is 1.33 bits per heavy atom. The zero-order chi connectivity index (χ0) is 37.8. The first-order valence-electron chi connectivity index (χ1n) is 14.0. The summed E-state index contributed by atoms with van der Waals surface area (Å²) in [5.41, 5.74) is 1.87. The maximum Gasteiger partial charge on any atom is 0.503 e. The third-order valence-corrected chi connectivity index (χ3v) is 5.54. The number of carbonyl (C=O) groups is 7. The predicted octanol–water partition coefficient (Wildman–Crippen LogP) is -0.222. The molecule has 21 nitrogen and oxygen atoms in total. The Hall–Kier alpha value is -5.11. The van der Waals surface area contributed by atoms with Gasteiger partial charge in [0.05, 0.1) is 11.4 Å². The molecule has 1 radical (unpaired) electrons. The van der Waals surface area contributed by atoms with Crippen LogP contribution >= 0.6 is 0 Å². The first kappa shape index (κ1) is 52.7. The van der Waals surface area contributed by atoms with E-state index in [0.717, 1.165) is 24.4 Å². The number of unbranched alkanes of at least 4 members (excludes halogenated alkanes) is 2. The van der Waals surface area contributed by atoms with Gasteiger partial charge in [-0.2, -0.15) is 0 Å². The fourth-order valence-electron chi connectivity index (χ4n) is 3.66. The van der Waals surface area contributed by atoms with Gasteiger partial charge in [0, 0.05) is 52.3 Å². The van der Waals surface area contributed by atoms with Gasteiger partial charge >= 0.3 is 42.4 Å². The molecule has 2 rings (SSSR count). The van der Waals surface area contributed by atoms with E-state index in [4.69, 9.17) is 55.2 Å². The van der Waals surface area contributed by atoms with Crippen molar-refractivity contribution in [3.63, 3.8) is 0 Å². The molecule has 0 saturated carbocycles. The van der Waals surface area contributed by atoms with Crippen molar-refractivity contribution in [1.82, 2.24) is 25.5 Å². The van der Waals surface area contributed by atoms with Crippen molar-refractivity contribution in [2.24, 2.45) is 0 Å². The molecule has 0 bridgehead atoms.